The first-order valence-electron chi connectivity index (χ1n) is 8.57. The molecule has 0 unspecified atom stereocenters. The maximum absolute atomic E-state index is 12.2. The predicted molar refractivity (Wildman–Crippen MR) is 108 cm³/mol. The Labute approximate surface area is 161 Å². The minimum absolute atomic E-state index is 0.102. The molecular weight excluding hydrogens is 364 g/mol. The van der Waals surface area contributed by atoms with E-state index >= 15 is 0 Å². The summed E-state index contributed by atoms with van der Waals surface area (Å²) < 4.78 is 29.7. The van der Waals surface area contributed by atoms with Gasteiger partial charge in [-0.1, -0.05) is 29.8 Å². The van der Waals surface area contributed by atoms with Crippen LogP contribution in [-0.2, 0) is 21.4 Å². The average molecular weight is 391 g/mol. The topological polar surface area (TPSA) is 75.7 Å². The molecule has 0 fully saturated rings. The highest BCUT2D eigenvalue weighted by Gasteiger charge is 2.12. The summed E-state index contributed by atoms with van der Waals surface area (Å²) in [5.41, 5.74) is 4.83. The van der Waals surface area contributed by atoms with Gasteiger partial charge in [0.1, 0.15) is 5.75 Å². The Bertz CT molecular complexity index is 898. The number of carbonyl (C=O) groups excluding carboxylic acids is 1. The summed E-state index contributed by atoms with van der Waals surface area (Å²) in [5.74, 6) is 0.319. The second-order valence-corrected chi connectivity index (χ2v) is 8.86. The summed E-state index contributed by atoms with van der Waals surface area (Å²) in [6, 6.07) is 11.1. The summed E-state index contributed by atoms with van der Waals surface area (Å²) >= 11 is 0. The number of carbonyl (C=O) groups is 1. The van der Waals surface area contributed by atoms with Crippen LogP contribution in [0.25, 0.3) is 0 Å². The molecule has 0 radical (unpaired) electrons. The molecule has 1 N–H and O–H groups in total. The van der Waals surface area contributed by atoms with Crippen LogP contribution in [-0.4, -0.2) is 38.5 Å². The van der Waals surface area contributed by atoms with Crippen molar-refractivity contribution in [3.05, 3.63) is 58.7 Å². The van der Waals surface area contributed by atoms with Crippen LogP contribution in [0.5, 0.6) is 5.75 Å². The van der Waals surface area contributed by atoms with Crippen molar-refractivity contribution in [1.82, 2.24) is 4.31 Å². The van der Waals surface area contributed by atoms with Crippen LogP contribution < -0.4 is 10.1 Å². The minimum atomic E-state index is -3.22. The Morgan fingerprint density at radius 1 is 1.07 bits per heavy atom. The lowest BCUT2D eigenvalue weighted by Crippen LogP contribution is -2.24. The van der Waals surface area contributed by atoms with Gasteiger partial charge >= 0.3 is 0 Å². The number of hydrogen-bond acceptors (Lipinski definition) is 4. The maximum atomic E-state index is 12.2. The fourth-order valence-corrected chi connectivity index (χ4v) is 3.15. The number of nitrogens with zero attached hydrogens (tertiary/aromatic N) is 1. The van der Waals surface area contributed by atoms with Crippen LogP contribution in [0, 0.1) is 20.8 Å². The third-order valence-corrected chi connectivity index (χ3v) is 5.47. The van der Waals surface area contributed by atoms with Crippen molar-refractivity contribution in [2.24, 2.45) is 0 Å². The predicted octanol–water partition coefficient (Wildman–Crippen LogP) is 3.02. The zero-order valence-electron chi connectivity index (χ0n) is 16.4. The number of rotatable bonds is 7. The lowest BCUT2D eigenvalue weighted by atomic mass is 10.1. The summed E-state index contributed by atoms with van der Waals surface area (Å²) in [5, 5.41) is 2.89. The molecule has 27 heavy (non-hydrogen) atoms. The van der Waals surface area contributed by atoms with E-state index in [1.165, 1.54) is 17.6 Å². The summed E-state index contributed by atoms with van der Waals surface area (Å²) in [6.07, 6.45) is 1.17. The average Bonchev–Trinajstić information content (AvgIpc) is 2.56. The van der Waals surface area contributed by atoms with E-state index in [1.54, 1.807) is 24.3 Å². The summed E-state index contributed by atoms with van der Waals surface area (Å²) in [4.78, 5) is 12.2. The van der Waals surface area contributed by atoms with Crippen LogP contribution in [0.1, 0.15) is 22.3 Å². The zero-order chi connectivity index (χ0) is 20.2. The monoisotopic (exact) mass is 390 g/mol. The number of nitrogens with one attached hydrogen (secondary N) is 1. The molecule has 0 aliphatic rings. The fraction of sp³-hybridized carbons (Fsp3) is 0.350. The number of anilines is 1. The number of hydrogen-bond donors (Lipinski definition) is 1. The van der Waals surface area contributed by atoms with E-state index < -0.39 is 10.0 Å². The van der Waals surface area contributed by atoms with Crippen molar-refractivity contribution in [3.8, 4) is 5.75 Å². The Morgan fingerprint density at radius 3 is 2.15 bits per heavy atom. The van der Waals surface area contributed by atoms with E-state index in [1.807, 2.05) is 32.9 Å². The standard InChI is InChI=1S/C20H26N2O4S/c1-14-10-15(2)20(16(3)11-14)21-19(23)13-26-18-8-6-17(7-9-18)12-22(4)27(5,24)25/h6-11H,12-13H2,1-5H3,(H,21,23). The molecule has 0 saturated heterocycles. The number of aryl methyl sites for hydroxylation is 3. The molecule has 0 heterocycles. The Balaban J connectivity index is 1.92. The second kappa shape index (κ2) is 8.54. The van der Waals surface area contributed by atoms with Crippen LogP contribution in [0.15, 0.2) is 36.4 Å². The number of benzene rings is 2. The molecule has 0 bridgehead atoms. The Kier molecular flexibility index (Phi) is 6.62. The molecule has 0 aliphatic carbocycles. The fourth-order valence-electron chi connectivity index (χ4n) is 2.77. The first-order valence-corrected chi connectivity index (χ1v) is 10.4. The van der Waals surface area contributed by atoms with Crippen LogP contribution in [0.4, 0.5) is 5.69 Å². The van der Waals surface area contributed by atoms with Crippen molar-refractivity contribution >= 4 is 21.6 Å². The molecule has 146 valence electrons. The molecule has 0 spiro atoms. The molecule has 7 heteroatoms. The van der Waals surface area contributed by atoms with Gasteiger partial charge in [-0.3, -0.25) is 4.79 Å². The second-order valence-electron chi connectivity index (χ2n) is 6.77. The molecule has 2 aromatic rings. The van der Waals surface area contributed by atoms with Gasteiger partial charge < -0.3 is 10.1 Å². The molecular formula is C20H26N2O4S. The number of amides is 1. The van der Waals surface area contributed by atoms with Crippen molar-refractivity contribution in [2.45, 2.75) is 27.3 Å². The van der Waals surface area contributed by atoms with Gasteiger partial charge in [-0.25, -0.2) is 12.7 Å². The molecule has 0 saturated carbocycles. The van der Waals surface area contributed by atoms with E-state index in [-0.39, 0.29) is 19.1 Å². The quantitative estimate of drug-likeness (QED) is 0.788. The van der Waals surface area contributed by atoms with E-state index in [2.05, 4.69) is 5.32 Å². The van der Waals surface area contributed by atoms with Gasteiger partial charge in [0, 0.05) is 19.3 Å². The zero-order valence-corrected chi connectivity index (χ0v) is 17.2. The van der Waals surface area contributed by atoms with E-state index in [9.17, 15) is 13.2 Å². The number of ether oxygens (including phenoxy) is 1. The van der Waals surface area contributed by atoms with Crippen molar-refractivity contribution in [1.29, 1.82) is 0 Å². The van der Waals surface area contributed by atoms with Gasteiger partial charge in [-0.2, -0.15) is 0 Å². The van der Waals surface area contributed by atoms with E-state index in [4.69, 9.17) is 4.74 Å². The number of sulfonamides is 1. The van der Waals surface area contributed by atoms with E-state index in [0.717, 1.165) is 27.9 Å². The highest BCUT2D eigenvalue weighted by molar-refractivity contribution is 7.88. The van der Waals surface area contributed by atoms with Gasteiger partial charge in [0.2, 0.25) is 10.0 Å². The smallest absolute Gasteiger partial charge is 0.262 e. The lowest BCUT2D eigenvalue weighted by Gasteiger charge is -2.15. The third kappa shape index (κ3) is 6.08. The van der Waals surface area contributed by atoms with Gasteiger partial charge in [0.05, 0.1) is 6.26 Å². The first kappa shape index (κ1) is 20.9. The summed E-state index contributed by atoms with van der Waals surface area (Å²) in [6.45, 7) is 6.12. The molecule has 2 aromatic carbocycles. The highest BCUT2D eigenvalue weighted by atomic mass is 32.2. The highest BCUT2D eigenvalue weighted by Crippen LogP contribution is 2.22. The van der Waals surface area contributed by atoms with Crippen molar-refractivity contribution in [3.63, 3.8) is 0 Å². The molecule has 2 rings (SSSR count). The molecule has 0 atom stereocenters. The van der Waals surface area contributed by atoms with Crippen LogP contribution >= 0.6 is 0 Å². The van der Waals surface area contributed by atoms with Gasteiger partial charge in [0.25, 0.3) is 5.91 Å². The molecule has 0 aliphatic heterocycles. The maximum Gasteiger partial charge on any atom is 0.262 e. The molecule has 6 nitrogen and oxygen atoms in total. The largest absolute Gasteiger partial charge is 0.484 e. The van der Waals surface area contributed by atoms with Gasteiger partial charge in [-0.15, -0.1) is 0 Å². The lowest BCUT2D eigenvalue weighted by molar-refractivity contribution is -0.118. The van der Waals surface area contributed by atoms with Crippen LogP contribution in [0.2, 0.25) is 0 Å². The van der Waals surface area contributed by atoms with Crippen LogP contribution in [0.3, 0.4) is 0 Å². The molecule has 0 aromatic heterocycles. The third-order valence-electron chi connectivity index (χ3n) is 4.21. The van der Waals surface area contributed by atoms with Crippen molar-refractivity contribution in [2.75, 3.05) is 25.2 Å². The molecule has 1 amide bonds. The normalized spacial score (nSPS) is 11.5. The van der Waals surface area contributed by atoms with Gasteiger partial charge in [0.15, 0.2) is 6.61 Å². The first-order chi connectivity index (χ1) is 12.6. The summed E-state index contributed by atoms with van der Waals surface area (Å²) in [7, 11) is -1.70. The Hall–Kier alpha value is -2.38. The van der Waals surface area contributed by atoms with Crippen molar-refractivity contribution < 1.29 is 17.9 Å². The minimum Gasteiger partial charge on any atom is -0.484 e. The SMILES string of the molecule is Cc1cc(C)c(NC(=O)COc2ccc(CN(C)S(C)(=O)=O)cc2)c(C)c1. The Morgan fingerprint density at radius 2 is 1.63 bits per heavy atom. The van der Waals surface area contributed by atoms with E-state index in [0.29, 0.717) is 5.75 Å². The van der Waals surface area contributed by atoms with Gasteiger partial charge in [-0.05, 0) is 49.6 Å².